The Hall–Kier alpha value is -0.810. The fourth-order valence-corrected chi connectivity index (χ4v) is 2.36. The standard InChI is InChI=1S/C13H9BrCl2N2S/c14-8-1-4-10(5-2-8)17-13(19)18-12-6-3-9(15)7-11(12)16/h1-7H,(H2,17,18,19). The van der Waals surface area contributed by atoms with E-state index in [-0.39, 0.29) is 0 Å². The Labute approximate surface area is 135 Å². The second kappa shape index (κ2) is 6.57. The average Bonchev–Trinajstić information content (AvgIpc) is 2.36. The zero-order chi connectivity index (χ0) is 13.8. The largest absolute Gasteiger partial charge is 0.332 e. The van der Waals surface area contributed by atoms with E-state index in [9.17, 15) is 0 Å². The smallest absolute Gasteiger partial charge is 0.175 e. The first-order valence-corrected chi connectivity index (χ1v) is 7.29. The van der Waals surface area contributed by atoms with Gasteiger partial charge in [0, 0.05) is 15.2 Å². The van der Waals surface area contributed by atoms with E-state index in [1.54, 1.807) is 18.2 Å². The van der Waals surface area contributed by atoms with Crippen molar-refractivity contribution in [3.63, 3.8) is 0 Å². The summed E-state index contributed by atoms with van der Waals surface area (Å²) in [6, 6.07) is 12.9. The lowest BCUT2D eigenvalue weighted by molar-refractivity contribution is 1.58. The first-order valence-electron chi connectivity index (χ1n) is 5.33. The average molecular weight is 376 g/mol. The number of anilines is 2. The maximum Gasteiger partial charge on any atom is 0.175 e. The van der Waals surface area contributed by atoms with Gasteiger partial charge in [-0.1, -0.05) is 39.1 Å². The molecule has 0 aliphatic rings. The van der Waals surface area contributed by atoms with Gasteiger partial charge in [0.15, 0.2) is 5.11 Å². The van der Waals surface area contributed by atoms with Crippen molar-refractivity contribution in [3.05, 3.63) is 57.0 Å². The van der Waals surface area contributed by atoms with Crippen LogP contribution in [-0.2, 0) is 0 Å². The quantitative estimate of drug-likeness (QED) is 0.671. The molecule has 0 radical (unpaired) electrons. The number of halogens is 3. The van der Waals surface area contributed by atoms with Crippen LogP contribution in [0.15, 0.2) is 46.9 Å². The van der Waals surface area contributed by atoms with Crippen LogP contribution in [0.25, 0.3) is 0 Å². The van der Waals surface area contributed by atoms with Crippen molar-refractivity contribution in [2.45, 2.75) is 0 Å². The summed E-state index contributed by atoms with van der Waals surface area (Å²) in [7, 11) is 0. The molecule has 2 nitrogen and oxygen atoms in total. The van der Waals surface area contributed by atoms with Gasteiger partial charge >= 0.3 is 0 Å². The van der Waals surface area contributed by atoms with Crippen molar-refractivity contribution in [2.24, 2.45) is 0 Å². The molecule has 0 spiro atoms. The lowest BCUT2D eigenvalue weighted by Gasteiger charge is -2.12. The maximum atomic E-state index is 6.06. The van der Waals surface area contributed by atoms with Crippen molar-refractivity contribution in [1.82, 2.24) is 0 Å². The number of hydrogen-bond acceptors (Lipinski definition) is 1. The second-order valence-electron chi connectivity index (χ2n) is 3.71. The first kappa shape index (κ1) is 14.6. The summed E-state index contributed by atoms with van der Waals surface area (Å²) in [4.78, 5) is 0. The predicted molar refractivity (Wildman–Crippen MR) is 90.4 cm³/mol. The first-order chi connectivity index (χ1) is 9.04. The van der Waals surface area contributed by atoms with E-state index >= 15 is 0 Å². The van der Waals surface area contributed by atoms with Crippen LogP contribution < -0.4 is 10.6 Å². The van der Waals surface area contributed by atoms with Gasteiger partial charge in [0.25, 0.3) is 0 Å². The van der Waals surface area contributed by atoms with Gasteiger partial charge in [0.2, 0.25) is 0 Å². The third kappa shape index (κ3) is 4.35. The lowest BCUT2D eigenvalue weighted by Crippen LogP contribution is -2.19. The van der Waals surface area contributed by atoms with E-state index in [2.05, 4.69) is 26.6 Å². The number of benzene rings is 2. The molecule has 0 aliphatic heterocycles. The molecule has 19 heavy (non-hydrogen) atoms. The molecule has 2 aromatic rings. The van der Waals surface area contributed by atoms with Gasteiger partial charge in [0.05, 0.1) is 10.7 Å². The minimum atomic E-state index is 0.464. The lowest BCUT2D eigenvalue weighted by atomic mass is 10.3. The molecule has 2 N–H and O–H groups in total. The molecule has 0 heterocycles. The second-order valence-corrected chi connectivity index (χ2v) is 5.88. The Morgan fingerprint density at radius 3 is 2.32 bits per heavy atom. The third-order valence-corrected chi connectivity index (χ3v) is 3.56. The molecule has 0 bridgehead atoms. The van der Waals surface area contributed by atoms with Gasteiger partial charge in [-0.25, -0.2) is 0 Å². The number of hydrogen-bond donors (Lipinski definition) is 2. The Balaban J connectivity index is 2.03. The van der Waals surface area contributed by atoms with E-state index in [0.717, 1.165) is 10.2 Å². The highest BCUT2D eigenvalue weighted by molar-refractivity contribution is 9.10. The highest BCUT2D eigenvalue weighted by atomic mass is 79.9. The van der Waals surface area contributed by atoms with Crippen LogP contribution in [0.3, 0.4) is 0 Å². The van der Waals surface area contributed by atoms with Gasteiger partial charge in [-0.3, -0.25) is 0 Å². The van der Waals surface area contributed by atoms with Gasteiger partial charge in [-0.05, 0) is 54.7 Å². The Morgan fingerprint density at radius 2 is 1.68 bits per heavy atom. The maximum absolute atomic E-state index is 6.06. The zero-order valence-electron chi connectivity index (χ0n) is 9.58. The van der Waals surface area contributed by atoms with E-state index < -0.39 is 0 Å². The minimum absolute atomic E-state index is 0.464. The highest BCUT2D eigenvalue weighted by Gasteiger charge is 2.03. The van der Waals surface area contributed by atoms with Crippen molar-refractivity contribution in [3.8, 4) is 0 Å². The molecule has 6 heteroatoms. The Bertz CT molecular complexity index is 602. The van der Waals surface area contributed by atoms with E-state index in [4.69, 9.17) is 35.4 Å². The van der Waals surface area contributed by atoms with E-state index in [1.165, 1.54) is 0 Å². The SMILES string of the molecule is S=C(Nc1ccc(Br)cc1)Nc1ccc(Cl)cc1Cl. The third-order valence-electron chi connectivity index (χ3n) is 2.28. The molecule has 0 aliphatic carbocycles. The summed E-state index contributed by atoms with van der Waals surface area (Å²) in [5, 5.41) is 7.66. The molecule has 2 aromatic carbocycles. The van der Waals surface area contributed by atoms with Crippen LogP contribution >= 0.6 is 51.3 Å². The number of thiocarbonyl (C=S) groups is 1. The molecular weight excluding hydrogens is 367 g/mol. The zero-order valence-corrected chi connectivity index (χ0v) is 13.5. The van der Waals surface area contributed by atoms with Gasteiger partial charge in [-0.15, -0.1) is 0 Å². The van der Waals surface area contributed by atoms with Gasteiger partial charge in [-0.2, -0.15) is 0 Å². The van der Waals surface area contributed by atoms with Crippen LogP contribution in [0.2, 0.25) is 10.0 Å². The van der Waals surface area contributed by atoms with Gasteiger partial charge in [0.1, 0.15) is 0 Å². The summed E-state index contributed by atoms with van der Waals surface area (Å²) < 4.78 is 1.01. The van der Waals surface area contributed by atoms with Crippen molar-refractivity contribution >= 4 is 67.8 Å². The highest BCUT2D eigenvalue weighted by Crippen LogP contribution is 2.25. The molecule has 0 amide bonds. The fourth-order valence-electron chi connectivity index (χ4n) is 1.41. The van der Waals surface area contributed by atoms with Gasteiger partial charge < -0.3 is 10.6 Å². The molecule has 0 saturated carbocycles. The van der Waals surface area contributed by atoms with Crippen LogP contribution in [-0.4, -0.2) is 5.11 Å². The summed E-state index contributed by atoms with van der Waals surface area (Å²) in [5.41, 5.74) is 1.60. The van der Waals surface area contributed by atoms with Crippen LogP contribution in [0.4, 0.5) is 11.4 Å². The molecule has 0 atom stereocenters. The Morgan fingerprint density at radius 1 is 1.00 bits per heavy atom. The predicted octanol–water partition coefficient (Wildman–Crippen LogP) is 5.56. The molecule has 0 aromatic heterocycles. The number of nitrogens with one attached hydrogen (secondary N) is 2. The molecule has 2 rings (SSSR count). The van der Waals surface area contributed by atoms with Crippen LogP contribution in [0, 0.1) is 0 Å². The van der Waals surface area contributed by atoms with E-state index in [0.29, 0.717) is 20.8 Å². The Kier molecular flexibility index (Phi) is 5.05. The molecule has 0 fully saturated rings. The topological polar surface area (TPSA) is 24.1 Å². The van der Waals surface area contributed by atoms with Crippen LogP contribution in [0.5, 0.6) is 0 Å². The fraction of sp³-hybridized carbons (Fsp3) is 0. The summed E-state index contributed by atoms with van der Waals surface area (Å²) in [5.74, 6) is 0. The van der Waals surface area contributed by atoms with Crippen molar-refractivity contribution in [2.75, 3.05) is 10.6 Å². The van der Waals surface area contributed by atoms with Crippen LogP contribution in [0.1, 0.15) is 0 Å². The summed E-state index contributed by atoms with van der Waals surface area (Å²) in [6.45, 7) is 0. The molecule has 98 valence electrons. The molecular formula is C13H9BrCl2N2S. The number of rotatable bonds is 2. The minimum Gasteiger partial charge on any atom is -0.332 e. The van der Waals surface area contributed by atoms with E-state index in [1.807, 2.05) is 24.3 Å². The summed E-state index contributed by atoms with van der Waals surface area (Å²) in [6.07, 6.45) is 0. The normalized spacial score (nSPS) is 10.1. The monoisotopic (exact) mass is 374 g/mol. The van der Waals surface area contributed by atoms with Crippen molar-refractivity contribution < 1.29 is 0 Å². The van der Waals surface area contributed by atoms with Crippen molar-refractivity contribution in [1.29, 1.82) is 0 Å². The summed E-state index contributed by atoms with van der Waals surface area (Å²) >= 11 is 20.5. The molecule has 0 unspecified atom stereocenters. The molecule has 0 saturated heterocycles.